The molecule has 4 aromatic rings. The van der Waals surface area contributed by atoms with Crippen molar-refractivity contribution in [2.75, 3.05) is 0 Å². The molecule has 3 nitrogen and oxygen atoms in total. The first-order chi connectivity index (χ1) is 13.6. The monoisotopic (exact) mass is 452 g/mol. The number of benzene rings is 2. The van der Waals surface area contributed by atoms with Gasteiger partial charge in [0.1, 0.15) is 17.3 Å². The van der Waals surface area contributed by atoms with Crippen LogP contribution < -0.4 is 0 Å². The van der Waals surface area contributed by atoms with Gasteiger partial charge in [-0.1, -0.05) is 51.8 Å². The maximum Gasteiger partial charge on any atom is 0.221 e. The summed E-state index contributed by atoms with van der Waals surface area (Å²) in [5.74, 6) is 1.87. The van der Waals surface area contributed by atoms with Gasteiger partial charge in [0, 0.05) is 15.6 Å². The Bertz CT molecular complexity index is 1150. The van der Waals surface area contributed by atoms with Crippen LogP contribution in [0.3, 0.4) is 0 Å². The number of furan rings is 2. The lowest BCUT2D eigenvalue weighted by Crippen LogP contribution is -1.90. The summed E-state index contributed by atoms with van der Waals surface area (Å²) < 4.78 is 12.5. The van der Waals surface area contributed by atoms with Crippen molar-refractivity contribution in [2.45, 2.75) is 0 Å². The van der Waals surface area contributed by atoms with E-state index in [1.54, 1.807) is 24.3 Å². The van der Waals surface area contributed by atoms with Crippen LogP contribution in [0.2, 0.25) is 5.02 Å². The molecule has 2 aromatic heterocycles. The predicted molar refractivity (Wildman–Crippen MR) is 114 cm³/mol. The molecule has 2 aromatic carbocycles. The van der Waals surface area contributed by atoms with Gasteiger partial charge in [-0.2, -0.15) is 0 Å². The first kappa shape index (κ1) is 18.5. The van der Waals surface area contributed by atoms with Gasteiger partial charge in [0.25, 0.3) is 0 Å². The van der Waals surface area contributed by atoms with Crippen LogP contribution in [0.25, 0.3) is 28.7 Å². The van der Waals surface area contributed by atoms with Gasteiger partial charge in [-0.05, 0) is 60.7 Å². The summed E-state index contributed by atoms with van der Waals surface area (Å²) in [6, 6.07) is 22.2. The number of carbonyl (C=O) groups is 1. The highest BCUT2D eigenvalue weighted by atomic mass is 79.9. The van der Waals surface area contributed by atoms with E-state index in [4.69, 9.17) is 20.4 Å². The molecule has 0 fully saturated rings. The lowest BCUT2D eigenvalue weighted by Gasteiger charge is -1.99. The summed E-state index contributed by atoms with van der Waals surface area (Å²) in [5.41, 5.74) is 1.71. The molecule has 0 aliphatic carbocycles. The Labute approximate surface area is 175 Å². The summed E-state index contributed by atoms with van der Waals surface area (Å²) in [5, 5.41) is 0.572. The zero-order chi connectivity index (χ0) is 19.5. The Balaban J connectivity index is 1.49. The van der Waals surface area contributed by atoms with E-state index < -0.39 is 0 Å². The van der Waals surface area contributed by atoms with Crippen LogP contribution in [0.1, 0.15) is 16.3 Å². The molecule has 0 atom stereocenters. The fourth-order valence-corrected chi connectivity index (χ4v) is 3.22. The third-order valence-electron chi connectivity index (χ3n) is 4.14. The molecule has 5 heteroatoms. The second-order valence-corrected chi connectivity index (χ2v) is 7.37. The molecule has 0 bridgehead atoms. The highest BCUT2D eigenvalue weighted by Gasteiger charge is 2.12. The standard InChI is InChI=1S/C23H14BrClO3/c24-16-7-5-15(6-8-16)21-12-10-17(27-21)9-11-20(26)23-14-13-22(28-23)18-3-1-2-4-19(18)25/h1-14H. The van der Waals surface area contributed by atoms with E-state index in [1.165, 1.54) is 6.08 Å². The summed E-state index contributed by atoms with van der Waals surface area (Å²) in [6.07, 6.45) is 3.06. The molecule has 0 aliphatic rings. The van der Waals surface area contributed by atoms with Crippen LogP contribution >= 0.6 is 27.5 Å². The van der Waals surface area contributed by atoms with Gasteiger partial charge in [-0.25, -0.2) is 0 Å². The first-order valence-electron chi connectivity index (χ1n) is 8.53. The molecular weight excluding hydrogens is 440 g/mol. The molecule has 0 saturated heterocycles. The third kappa shape index (κ3) is 4.03. The van der Waals surface area contributed by atoms with Crippen LogP contribution in [0.15, 0.2) is 92.2 Å². The highest BCUT2D eigenvalue weighted by Crippen LogP contribution is 2.29. The van der Waals surface area contributed by atoms with Crippen molar-refractivity contribution in [1.29, 1.82) is 0 Å². The SMILES string of the molecule is O=C(C=Cc1ccc(-c2ccc(Br)cc2)o1)c1ccc(-c2ccccc2Cl)o1. The van der Waals surface area contributed by atoms with Crippen LogP contribution in [0.5, 0.6) is 0 Å². The quantitative estimate of drug-likeness (QED) is 0.232. The molecule has 0 saturated carbocycles. The molecule has 0 spiro atoms. The Morgan fingerprint density at radius 3 is 2.39 bits per heavy atom. The number of rotatable bonds is 5. The molecule has 0 radical (unpaired) electrons. The number of ketones is 1. The Morgan fingerprint density at radius 2 is 1.61 bits per heavy atom. The van der Waals surface area contributed by atoms with E-state index in [2.05, 4.69) is 15.9 Å². The number of hydrogen-bond acceptors (Lipinski definition) is 3. The smallest absolute Gasteiger partial charge is 0.221 e. The largest absolute Gasteiger partial charge is 0.457 e. The zero-order valence-corrected chi connectivity index (χ0v) is 16.9. The molecule has 0 unspecified atom stereocenters. The lowest BCUT2D eigenvalue weighted by atomic mass is 10.2. The Kier molecular flexibility index (Phi) is 5.33. The van der Waals surface area contributed by atoms with E-state index in [9.17, 15) is 4.79 Å². The second kappa shape index (κ2) is 8.05. The Morgan fingerprint density at radius 1 is 0.857 bits per heavy atom. The predicted octanol–water partition coefficient (Wildman–Crippen LogP) is 7.52. The average molecular weight is 454 g/mol. The molecule has 2 heterocycles. The molecule has 4 rings (SSSR count). The van der Waals surface area contributed by atoms with Crippen molar-refractivity contribution in [3.05, 3.63) is 99.9 Å². The first-order valence-corrected chi connectivity index (χ1v) is 9.70. The fraction of sp³-hybridized carbons (Fsp3) is 0. The summed E-state index contributed by atoms with van der Waals surface area (Å²) in [7, 11) is 0. The topological polar surface area (TPSA) is 43.4 Å². The average Bonchev–Trinajstić information content (AvgIpc) is 3.37. The van der Waals surface area contributed by atoms with E-state index >= 15 is 0 Å². The van der Waals surface area contributed by atoms with E-state index in [0.29, 0.717) is 16.5 Å². The summed E-state index contributed by atoms with van der Waals surface area (Å²) in [4.78, 5) is 12.4. The lowest BCUT2D eigenvalue weighted by molar-refractivity contribution is 0.102. The molecule has 0 N–H and O–H groups in total. The van der Waals surface area contributed by atoms with Crippen molar-refractivity contribution in [2.24, 2.45) is 0 Å². The van der Waals surface area contributed by atoms with Gasteiger partial charge < -0.3 is 8.83 Å². The molecule has 138 valence electrons. The molecule has 0 aliphatic heterocycles. The van der Waals surface area contributed by atoms with Crippen molar-refractivity contribution in [3.8, 4) is 22.6 Å². The van der Waals surface area contributed by atoms with Crippen molar-refractivity contribution in [1.82, 2.24) is 0 Å². The summed E-state index contributed by atoms with van der Waals surface area (Å²) in [6.45, 7) is 0. The summed E-state index contributed by atoms with van der Waals surface area (Å²) >= 11 is 9.59. The maximum atomic E-state index is 12.4. The van der Waals surface area contributed by atoms with Gasteiger partial charge in [0.05, 0.1) is 5.02 Å². The van der Waals surface area contributed by atoms with Gasteiger partial charge in [-0.3, -0.25) is 4.79 Å². The fourth-order valence-electron chi connectivity index (χ4n) is 2.73. The number of carbonyl (C=O) groups excluding carboxylic acids is 1. The minimum absolute atomic E-state index is 0.242. The minimum Gasteiger partial charge on any atom is -0.457 e. The van der Waals surface area contributed by atoms with Gasteiger partial charge in [0.15, 0.2) is 5.76 Å². The highest BCUT2D eigenvalue weighted by molar-refractivity contribution is 9.10. The van der Waals surface area contributed by atoms with E-state index in [1.807, 2.05) is 54.6 Å². The van der Waals surface area contributed by atoms with Crippen molar-refractivity contribution in [3.63, 3.8) is 0 Å². The van der Waals surface area contributed by atoms with Crippen molar-refractivity contribution >= 4 is 39.4 Å². The Hall–Kier alpha value is -2.82. The van der Waals surface area contributed by atoms with Crippen molar-refractivity contribution < 1.29 is 13.6 Å². The maximum absolute atomic E-state index is 12.4. The van der Waals surface area contributed by atoms with E-state index in [-0.39, 0.29) is 11.5 Å². The second-order valence-electron chi connectivity index (χ2n) is 6.05. The third-order valence-corrected chi connectivity index (χ3v) is 5.00. The van der Waals surface area contributed by atoms with Gasteiger partial charge in [-0.15, -0.1) is 0 Å². The zero-order valence-electron chi connectivity index (χ0n) is 14.6. The number of hydrogen-bond donors (Lipinski definition) is 0. The molecular formula is C23H14BrClO3. The van der Waals surface area contributed by atoms with Crippen LogP contribution in [-0.4, -0.2) is 5.78 Å². The van der Waals surface area contributed by atoms with Crippen LogP contribution in [0.4, 0.5) is 0 Å². The van der Waals surface area contributed by atoms with Gasteiger partial charge in [0.2, 0.25) is 5.78 Å². The van der Waals surface area contributed by atoms with E-state index in [0.717, 1.165) is 21.4 Å². The molecule has 28 heavy (non-hydrogen) atoms. The minimum atomic E-state index is -0.250. The molecule has 0 amide bonds. The van der Waals surface area contributed by atoms with Crippen LogP contribution in [0, 0.1) is 0 Å². The van der Waals surface area contributed by atoms with Crippen LogP contribution in [-0.2, 0) is 0 Å². The normalized spacial score (nSPS) is 11.2. The van der Waals surface area contributed by atoms with Gasteiger partial charge >= 0.3 is 0 Å². The number of allylic oxidation sites excluding steroid dienone is 1. The number of halogens is 2.